The maximum atomic E-state index is 13.2. The molecule has 1 fully saturated rings. The van der Waals surface area contributed by atoms with Crippen LogP contribution in [-0.4, -0.2) is 55.4 Å². The van der Waals surface area contributed by atoms with Gasteiger partial charge in [-0.1, -0.05) is 17.3 Å². The molecule has 0 radical (unpaired) electrons. The van der Waals surface area contributed by atoms with E-state index in [4.69, 9.17) is 18.7 Å². The highest BCUT2D eigenvalue weighted by Gasteiger charge is 2.30. The number of ether oxygens (including phenoxy) is 3. The Morgan fingerprint density at radius 2 is 1.87 bits per heavy atom. The lowest BCUT2D eigenvalue weighted by atomic mass is 9.97. The molecule has 3 aromatic rings. The van der Waals surface area contributed by atoms with Crippen molar-refractivity contribution >= 4 is 5.91 Å². The molecular weight excluding hydrogens is 398 g/mol. The van der Waals surface area contributed by atoms with Crippen molar-refractivity contribution in [1.29, 1.82) is 0 Å². The van der Waals surface area contributed by atoms with Crippen molar-refractivity contribution in [1.82, 2.24) is 15.0 Å². The standard InChI is InChI=1S/C23H25N3O5/c1-28-17-8-4-6-15(12-17)21-24-22(31-25-21)16-7-5-11-26(14-16)23(27)19-10-9-18(29-2)13-20(19)30-3/h4,6,8-10,12-13,16H,5,7,11,14H2,1-3H3. The molecule has 1 unspecified atom stereocenters. The zero-order valence-corrected chi connectivity index (χ0v) is 17.8. The van der Waals surface area contributed by atoms with Crippen molar-refractivity contribution in [2.45, 2.75) is 18.8 Å². The van der Waals surface area contributed by atoms with E-state index in [0.29, 0.717) is 41.9 Å². The van der Waals surface area contributed by atoms with E-state index in [-0.39, 0.29) is 11.8 Å². The molecule has 1 saturated heterocycles. The van der Waals surface area contributed by atoms with Crippen molar-refractivity contribution in [2.75, 3.05) is 34.4 Å². The van der Waals surface area contributed by atoms with Crippen molar-refractivity contribution in [3.8, 4) is 28.6 Å². The minimum atomic E-state index is -0.0864. The molecule has 4 rings (SSSR count). The summed E-state index contributed by atoms with van der Waals surface area (Å²) in [5, 5.41) is 4.13. The molecule has 2 aromatic carbocycles. The summed E-state index contributed by atoms with van der Waals surface area (Å²) < 4.78 is 21.5. The summed E-state index contributed by atoms with van der Waals surface area (Å²) in [6.45, 7) is 1.18. The van der Waals surface area contributed by atoms with Crippen LogP contribution in [0.1, 0.15) is 35.0 Å². The molecule has 8 nitrogen and oxygen atoms in total. The number of benzene rings is 2. The van der Waals surface area contributed by atoms with Crippen LogP contribution >= 0.6 is 0 Å². The second-order valence-electron chi connectivity index (χ2n) is 7.34. The van der Waals surface area contributed by atoms with Gasteiger partial charge >= 0.3 is 0 Å². The van der Waals surface area contributed by atoms with Gasteiger partial charge in [0.25, 0.3) is 5.91 Å². The number of nitrogens with zero attached hydrogens (tertiary/aromatic N) is 3. The molecule has 8 heteroatoms. The Morgan fingerprint density at radius 1 is 1.06 bits per heavy atom. The molecule has 1 aromatic heterocycles. The maximum absolute atomic E-state index is 13.2. The highest BCUT2D eigenvalue weighted by Crippen LogP contribution is 2.31. The smallest absolute Gasteiger partial charge is 0.257 e. The molecule has 1 aliphatic heterocycles. The molecule has 1 atom stereocenters. The monoisotopic (exact) mass is 423 g/mol. The van der Waals surface area contributed by atoms with E-state index >= 15 is 0 Å². The lowest BCUT2D eigenvalue weighted by molar-refractivity contribution is 0.0692. The van der Waals surface area contributed by atoms with Crippen LogP contribution in [-0.2, 0) is 0 Å². The number of likely N-dealkylation sites (tertiary alicyclic amines) is 1. The van der Waals surface area contributed by atoms with Gasteiger partial charge in [0.2, 0.25) is 11.7 Å². The number of rotatable bonds is 6. The Morgan fingerprint density at radius 3 is 2.65 bits per heavy atom. The van der Waals surface area contributed by atoms with Crippen molar-refractivity contribution in [3.05, 3.63) is 53.9 Å². The van der Waals surface area contributed by atoms with E-state index < -0.39 is 0 Å². The average molecular weight is 423 g/mol. The van der Waals surface area contributed by atoms with E-state index in [1.54, 1.807) is 39.5 Å². The van der Waals surface area contributed by atoms with Gasteiger partial charge < -0.3 is 23.6 Å². The third-order valence-electron chi connectivity index (χ3n) is 5.47. The Balaban J connectivity index is 1.51. The molecule has 0 spiro atoms. The number of hydrogen-bond acceptors (Lipinski definition) is 7. The molecule has 2 heterocycles. The molecule has 162 valence electrons. The minimum Gasteiger partial charge on any atom is -0.497 e. The Bertz CT molecular complexity index is 1060. The van der Waals surface area contributed by atoms with E-state index in [2.05, 4.69) is 10.1 Å². The number of amides is 1. The van der Waals surface area contributed by atoms with Gasteiger partial charge in [0.15, 0.2) is 0 Å². The Hall–Kier alpha value is -3.55. The summed E-state index contributed by atoms with van der Waals surface area (Å²) in [6.07, 6.45) is 1.73. The first-order valence-electron chi connectivity index (χ1n) is 10.1. The van der Waals surface area contributed by atoms with Crippen molar-refractivity contribution < 1.29 is 23.5 Å². The summed E-state index contributed by atoms with van der Waals surface area (Å²) >= 11 is 0. The summed E-state index contributed by atoms with van der Waals surface area (Å²) in [4.78, 5) is 19.6. The van der Waals surface area contributed by atoms with Crippen LogP contribution in [0.3, 0.4) is 0 Å². The van der Waals surface area contributed by atoms with Gasteiger partial charge in [0.1, 0.15) is 17.2 Å². The van der Waals surface area contributed by atoms with Gasteiger partial charge in [-0.05, 0) is 37.1 Å². The van der Waals surface area contributed by atoms with Crippen LogP contribution in [0.25, 0.3) is 11.4 Å². The van der Waals surface area contributed by atoms with Gasteiger partial charge in [-0.15, -0.1) is 0 Å². The summed E-state index contributed by atoms with van der Waals surface area (Å²) in [6, 6.07) is 12.7. The molecule has 0 N–H and O–H groups in total. The zero-order valence-electron chi connectivity index (χ0n) is 17.8. The van der Waals surface area contributed by atoms with Crippen LogP contribution < -0.4 is 14.2 Å². The molecule has 31 heavy (non-hydrogen) atoms. The van der Waals surface area contributed by atoms with Gasteiger partial charge in [-0.2, -0.15) is 4.98 Å². The summed E-state index contributed by atoms with van der Waals surface area (Å²) in [5.74, 6) is 2.80. The molecule has 1 amide bonds. The average Bonchev–Trinajstić information content (AvgIpc) is 3.34. The summed E-state index contributed by atoms with van der Waals surface area (Å²) in [7, 11) is 4.74. The van der Waals surface area contributed by atoms with Crippen LogP contribution in [0, 0.1) is 0 Å². The fourth-order valence-electron chi connectivity index (χ4n) is 3.79. The quantitative estimate of drug-likeness (QED) is 0.596. The van der Waals surface area contributed by atoms with Gasteiger partial charge in [0, 0.05) is 24.7 Å². The van der Waals surface area contributed by atoms with E-state index in [0.717, 1.165) is 24.2 Å². The third-order valence-corrected chi connectivity index (χ3v) is 5.47. The largest absolute Gasteiger partial charge is 0.497 e. The Kier molecular flexibility index (Phi) is 6.06. The van der Waals surface area contributed by atoms with Crippen LogP contribution in [0.2, 0.25) is 0 Å². The fourth-order valence-corrected chi connectivity index (χ4v) is 3.79. The maximum Gasteiger partial charge on any atom is 0.257 e. The summed E-state index contributed by atoms with van der Waals surface area (Å²) in [5.41, 5.74) is 1.33. The predicted molar refractivity (Wildman–Crippen MR) is 114 cm³/mol. The van der Waals surface area contributed by atoms with Gasteiger partial charge in [0.05, 0.1) is 32.8 Å². The second kappa shape index (κ2) is 9.07. The Labute approximate surface area is 180 Å². The molecule has 1 aliphatic rings. The first-order chi connectivity index (χ1) is 15.1. The second-order valence-corrected chi connectivity index (χ2v) is 7.34. The number of piperidine rings is 1. The minimum absolute atomic E-state index is 0.0196. The molecule has 0 bridgehead atoms. The molecular formula is C23H25N3O5. The fraction of sp³-hybridized carbons (Fsp3) is 0.348. The van der Waals surface area contributed by atoms with Gasteiger partial charge in [-0.25, -0.2) is 0 Å². The zero-order chi connectivity index (χ0) is 21.8. The molecule has 0 saturated carbocycles. The number of methoxy groups -OCH3 is 3. The number of carbonyl (C=O) groups is 1. The van der Waals surface area contributed by atoms with E-state index in [1.165, 1.54) is 0 Å². The topological polar surface area (TPSA) is 86.9 Å². The number of carbonyl (C=O) groups excluding carboxylic acids is 1. The van der Waals surface area contributed by atoms with E-state index in [1.807, 2.05) is 29.2 Å². The number of hydrogen-bond donors (Lipinski definition) is 0. The molecule has 0 aliphatic carbocycles. The SMILES string of the molecule is COc1cccc(-c2noc(C3CCCN(C(=O)c4ccc(OC)cc4OC)C3)n2)c1. The van der Waals surface area contributed by atoms with Gasteiger partial charge in [-0.3, -0.25) is 4.79 Å². The number of aromatic nitrogens is 2. The van der Waals surface area contributed by atoms with Crippen LogP contribution in [0.15, 0.2) is 47.0 Å². The lowest BCUT2D eigenvalue weighted by Crippen LogP contribution is -2.39. The van der Waals surface area contributed by atoms with Crippen LogP contribution in [0.4, 0.5) is 0 Å². The first-order valence-corrected chi connectivity index (χ1v) is 10.1. The highest BCUT2D eigenvalue weighted by molar-refractivity contribution is 5.97. The lowest BCUT2D eigenvalue weighted by Gasteiger charge is -2.31. The van der Waals surface area contributed by atoms with E-state index in [9.17, 15) is 4.79 Å². The van der Waals surface area contributed by atoms with Crippen LogP contribution in [0.5, 0.6) is 17.2 Å². The normalized spacial score (nSPS) is 16.1. The van der Waals surface area contributed by atoms with Crippen molar-refractivity contribution in [2.24, 2.45) is 0 Å². The first kappa shape index (κ1) is 20.7. The third kappa shape index (κ3) is 4.33. The van der Waals surface area contributed by atoms with Crippen molar-refractivity contribution in [3.63, 3.8) is 0 Å². The predicted octanol–water partition coefficient (Wildman–Crippen LogP) is 3.78. The highest BCUT2D eigenvalue weighted by atomic mass is 16.5.